The number of benzene rings is 7. The summed E-state index contributed by atoms with van der Waals surface area (Å²) in [5, 5.41) is 5.18. The van der Waals surface area contributed by atoms with Crippen LogP contribution in [0.1, 0.15) is 36.0 Å². The molecule has 0 amide bonds. The van der Waals surface area contributed by atoms with Crippen molar-refractivity contribution in [3.8, 4) is 33.4 Å². The van der Waals surface area contributed by atoms with Crippen LogP contribution in [0.4, 0.5) is 0 Å². The molecule has 204 valence electrons. The van der Waals surface area contributed by atoms with E-state index in [1.54, 1.807) is 0 Å². The molecule has 1 atom stereocenters. The summed E-state index contributed by atoms with van der Waals surface area (Å²) in [5.41, 5.74) is 13.3. The van der Waals surface area contributed by atoms with Crippen LogP contribution in [0, 0.1) is 0 Å². The number of fused-ring (bicyclic) bond motifs is 3. The third-order valence-corrected chi connectivity index (χ3v) is 9.22. The molecule has 1 aliphatic rings. The number of allylic oxidation sites excluding steroid dienone is 2. The molecule has 7 aromatic rings. The highest BCUT2D eigenvalue weighted by Gasteiger charge is 2.25. The summed E-state index contributed by atoms with van der Waals surface area (Å²) in [5.74, 6) is 0.318. The maximum atomic E-state index is 2.45. The Morgan fingerprint density at radius 3 is 1.53 bits per heavy atom. The van der Waals surface area contributed by atoms with Crippen molar-refractivity contribution >= 4 is 27.1 Å². The second-order valence-corrected chi connectivity index (χ2v) is 11.6. The predicted molar refractivity (Wildman–Crippen MR) is 184 cm³/mol. The quantitative estimate of drug-likeness (QED) is 0.192. The van der Waals surface area contributed by atoms with Crippen LogP contribution in [0.5, 0.6) is 0 Å². The molecule has 0 aliphatic heterocycles. The Kier molecular flexibility index (Phi) is 6.27. The van der Waals surface area contributed by atoms with E-state index in [0.29, 0.717) is 5.92 Å². The average molecular weight is 549 g/mol. The minimum atomic E-state index is 0.318. The van der Waals surface area contributed by atoms with Crippen molar-refractivity contribution < 1.29 is 0 Å². The lowest BCUT2D eigenvalue weighted by molar-refractivity contribution is 0.816. The molecule has 0 saturated carbocycles. The summed E-state index contributed by atoms with van der Waals surface area (Å²) in [6.45, 7) is 2.27. The van der Waals surface area contributed by atoms with Crippen LogP contribution in [0.25, 0.3) is 60.5 Å². The number of hydrogen-bond acceptors (Lipinski definition) is 0. The van der Waals surface area contributed by atoms with Gasteiger partial charge in [-0.15, -0.1) is 0 Å². The monoisotopic (exact) mass is 548 g/mol. The molecule has 8 rings (SSSR count). The van der Waals surface area contributed by atoms with E-state index in [4.69, 9.17) is 0 Å². The van der Waals surface area contributed by atoms with Gasteiger partial charge in [0, 0.05) is 5.92 Å². The zero-order valence-corrected chi connectivity index (χ0v) is 24.3. The van der Waals surface area contributed by atoms with Gasteiger partial charge in [0.2, 0.25) is 0 Å². The first-order valence-corrected chi connectivity index (χ1v) is 15.2. The van der Waals surface area contributed by atoms with Gasteiger partial charge < -0.3 is 0 Å². The Hall–Kier alpha value is -5.20. The van der Waals surface area contributed by atoms with Gasteiger partial charge in [-0.1, -0.05) is 152 Å². The van der Waals surface area contributed by atoms with Crippen LogP contribution in [0.15, 0.2) is 158 Å². The molecular weight excluding hydrogens is 516 g/mol. The summed E-state index contributed by atoms with van der Waals surface area (Å²) >= 11 is 0. The third-order valence-electron chi connectivity index (χ3n) is 9.22. The van der Waals surface area contributed by atoms with Crippen LogP contribution in [0.2, 0.25) is 0 Å². The first-order chi connectivity index (χ1) is 21.3. The molecule has 1 aliphatic carbocycles. The van der Waals surface area contributed by atoms with Crippen molar-refractivity contribution in [1.29, 1.82) is 0 Å². The van der Waals surface area contributed by atoms with E-state index in [0.717, 1.165) is 6.42 Å². The molecule has 0 bridgehead atoms. The van der Waals surface area contributed by atoms with Crippen molar-refractivity contribution in [3.05, 3.63) is 174 Å². The van der Waals surface area contributed by atoms with Crippen LogP contribution < -0.4 is 0 Å². The standard InChI is InChI=1S/C43H32/c1-29-24-26-35(34-19-9-8-18-33(34)30-14-4-2-5-15-30)36-27-25-32(28-41(29)36)43-39-22-12-10-20-37(39)42(31-16-6-3-7-17-31)38-21-11-13-23-40(38)43/h2-25,27-28,35H,26H2,1H3. The third kappa shape index (κ3) is 4.30. The van der Waals surface area contributed by atoms with Crippen LogP contribution >= 0.6 is 0 Å². The SMILES string of the molecule is CC1=CCC(c2ccccc2-c2ccccc2)c2ccc(-c3c4ccccc4c(-c4ccccc4)c4ccccc34)cc21. The molecule has 0 saturated heterocycles. The van der Waals surface area contributed by atoms with Crippen LogP contribution in [-0.4, -0.2) is 0 Å². The van der Waals surface area contributed by atoms with E-state index in [1.165, 1.54) is 77.2 Å². The lowest BCUT2D eigenvalue weighted by Crippen LogP contribution is -2.09. The van der Waals surface area contributed by atoms with Crippen LogP contribution in [0.3, 0.4) is 0 Å². The smallest absolute Gasteiger partial charge is 0.0136 e. The van der Waals surface area contributed by atoms with Crippen molar-refractivity contribution in [1.82, 2.24) is 0 Å². The van der Waals surface area contributed by atoms with Gasteiger partial charge in [0.05, 0.1) is 0 Å². The minimum absolute atomic E-state index is 0.318. The maximum Gasteiger partial charge on any atom is 0.0136 e. The second-order valence-electron chi connectivity index (χ2n) is 11.6. The minimum Gasteiger partial charge on any atom is -0.0800 e. The van der Waals surface area contributed by atoms with E-state index in [1.807, 2.05) is 0 Å². The molecule has 1 unspecified atom stereocenters. The predicted octanol–water partition coefficient (Wildman–Crippen LogP) is 11.9. The fourth-order valence-electron chi connectivity index (χ4n) is 7.22. The Labute approximate surface area is 253 Å². The normalized spacial score (nSPS) is 14.4. The van der Waals surface area contributed by atoms with Crippen molar-refractivity contribution in [3.63, 3.8) is 0 Å². The van der Waals surface area contributed by atoms with Gasteiger partial charge in [-0.3, -0.25) is 0 Å². The van der Waals surface area contributed by atoms with Gasteiger partial charge in [-0.05, 0) is 96.6 Å². The number of hydrogen-bond donors (Lipinski definition) is 0. The van der Waals surface area contributed by atoms with E-state index in [2.05, 4.69) is 165 Å². The Bertz CT molecular complexity index is 2090. The maximum absolute atomic E-state index is 2.45. The first-order valence-electron chi connectivity index (χ1n) is 15.2. The molecule has 0 heteroatoms. The van der Waals surface area contributed by atoms with E-state index >= 15 is 0 Å². The highest BCUT2D eigenvalue weighted by atomic mass is 14.3. The zero-order valence-electron chi connectivity index (χ0n) is 24.3. The highest BCUT2D eigenvalue weighted by Crippen LogP contribution is 2.47. The van der Waals surface area contributed by atoms with Crippen molar-refractivity contribution in [2.45, 2.75) is 19.3 Å². The largest absolute Gasteiger partial charge is 0.0800 e. The Morgan fingerprint density at radius 2 is 0.907 bits per heavy atom. The molecule has 0 nitrogen and oxygen atoms in total. The molecule has 0 aromatic heterocycles. The molecule has 0 radical (unpaired) electrons. The van der Waals surface area contributed by atoms with E-state index in [9.17, 15) is 0 Å². The van der Waals surface area contributed by atoms with Gasteiger partial charge in [0.25, 0.3) is 0 Å². The molecular formula is C43H32. The molecule has 0 heterocycles. The molecule has 0 spiro atoms. The molecule has 43 heavy (non-hydrogen) atoms. The summed E-state index contributed by atoms with van der Waals surface area (Å²) in [6.07, 6.45) is 3.45. The van der Waals surface area contributed by atoms with Gasteiger partial charge in [0.15, 0.2) is 0 Å². The van der Waals surface area contributed by atoms with E-state index in [-0.39, 0.29) is 0 Å². The van der Waals surface area contributed by atoms with Crippen LogP contribution in [-0.2, 0) is 0 Å². The molecule has 0 N–H and O–H groups in total. The Balaban J connectivity index is 1.34. The average Bonchev–Trinajstić information content (AvgIpc) is 3.08. The molecule has 0 fully saturated rings. The second kappa shape index (κ2) is 10.6. The number of rotatable bonds is 4. The lowest BCUT2D eigenvalue weighted by Gasteiger charge is -2.28. The van der Waals surface area contributed by atoms with Crippen molar-refractivity contribution in [2.24, 2.45) is 0 Å². The summed E-state index contributed by atoms with van der Waals surface area (Å²) < 4.78 is 0. The highest BCUT2D eigenvalue weighted by molar-refractivity contribution is 6.21. The summed E-state index contributed by atoms with van der Waals surface area (Å²) in [7, 11) is 0. The Morgan fingerprint density at radius 1 is 0.419 bits per heavy atom. The summed E-state index contributed by atoms with van der Waals surface area (Å²) in [6, 6.07) is 55.7. The lowest BCUT2D eigenvalue weighted by atomic mass is 9.76. The van der Waals surface area contributed by atoms with Gasteiger partial charge in [0.1, 0.15) is 0 Å². The fourth-order valence-corrected chi connectivity index (χ4v) is 7.22. The van der Waals surface area contributed by atoms with Gasteiger partial charge in [-0.2, -0.15) is 0 Å². The fraction of sp³-hybridized carbons (Fsp3) is 0.0698. The first kappa shape index (κ1) is 25.5. The van der Waals surface area contributed by atoms with Gasteiger partial charge in [-0.25, -0.2) is 0 Å². The van der Waals surface area contributed by atoms with Gasteiger partial charge >= 0.3 is 0 Å². The zero-order chi connectivity index (χ0) is 28.8. The summed E-state index contributed by atoms with van der Waals surface area (Å²) in [4.78, 5) is 0. The topological polar surface area (TPSA) is 0 Å². The van der Waals surface area contributed by atoms with Crippen molar-refractivity contribution in [2.75, 3.05) is 0 Å². The van der Waals surface area contributed by atoms with E-state index < -0.39 is 0 Å². The molecule has 7 aromatic carbocycles.